The van der Waals surface area contributed by atoms with Gasteiger partial charge >= 0.3 is 0 Å². The number of benzene rings is 1. The number of nitrogens with one attached hydrogen (secondary N) is 1. The molecular weight excluding hydrogens is 348 g/mol. The number of ether oxygens (including phenoxy) is 1. The van der Waals surface area contributed by atoms with Gasteiger partial charge in [-0.25, -0.2) is 0 Å². The molecule has 1 aliphatic heterocycles. The van der Waals surface area contributed by atoms with Gasteiger partial charge in [-0.15, -0.1) is 0 Å². The zero-order chi connectivity index (χ0) is 18.7. The molecule has 1 N–H and O–H groups in total. The predicted octanol–water partition coefficient (Wildman–Crippen LogP) is 4.38. The SMILES string of the molecule is O=C(NC12CC3CC(CC(C3)C1)C2)c1cc2ccccc2n1CC1CCOC1. The lowest BCUT2D eigenvalue weighted by atomic mass is 9.53. The van der Waals surface area contributed by atoms with Crippen LogP contribution in [0.4, 0.5) is 0 Å². The Morgan fingerprint density at radius 2 is 1.82 bits per heavy atom. The lowest BCUT2D eigenvalue weighted by Gasteiger charge is -2.56. The minimum Gasteiger partial charge on any atom is -0.381 e. The Morgan fingerprint density at radius 3 is 2.50 bits per heavy atom. The van der Waals surface area contributed by atoms with Gasteiger partial charge in [-0.3, -0.25) is 4.79 Å². The first-order chi connectivity index (χ1) is 13.7. The molecule has 1 aromatic heterocycles. The van der Waals surface area contributed by atoms with Gasteiger partial charge in [0, 0.05) is 35.5 Å². The van der Waals surface area contributed by atoms with E-state index >= 15 is 0 Å². The van der Waals surface area contributed by atoms with Gasteiger partial charge in [-0.05, 0) is 74.8 Å². The van der Waals surface area contributed by atoms with Gasteiger partial charge in [0.05, 0.1) is 6.61 Å². The van der Waals surface area contributed by atoms with Crippen LogP contribution >= 0.6 is 0 Å². The first-order valence-corrected chi connectivity index (χ1v) is 11.2. The summed E-state index contributed by atoms with van der Waals surface area (Å²) in [6.45, 7) is 2.53. The van der Waals surface area contributed by atoms with Crippen LogP contribution in [-0.4, -0.2) is 29.2 Å². The number of carbonyl (C=O) groups is 1. The summed E-state index contributed by atoms with van der Waals surface area (Å²) in [6.07, 6.45) is 8.87. The van der Waals surface area contributed by atoms with Crippen molar-refractivity contribution >= 4 is 16.8 Å². The number of carbonyl (C=O) groups excluding carboxylic acids is 1. The van der Waals surface area contributed by atoms with E-state index in [1.54, 1.807) is 0 Å². The first-order valence-electron chi connectivity index (χ1n) is 11.2. The molecule has 1 atom stereocenters. The standard InChI is InChI=1S/C24H30N2O2/c27-23(25-24-11-17-7-18(12-24)9-19(8-17)13-24)22-10-20-3-1-2-4-21(20)26(22)14-16-5-6-28-15-16/h1-4,10,16-19H,5-9,11-15H2,(H,25,27). The molecule has 5 aliphatic rings. The van der Waals surface area contributed by atoms with Crippen LogP contribution in [0.3, 0.4) is 0 Å². The fourth-order valence-corrected chi connectivity index (χ4v) is 7.15. The number of hydrogen-bond acceptors (Lipinski definition) is 2. The minimum atomic E-state index is 0.0591. The van der Waals surface area contributed by atoms with E-state index < -0.39 is 0 Å². The Morgan fingerprint density at radius 1 is 1.11 bits per heavy atom. The molecule has 7 rings (SSSR count). The molecule has 4 nitrogen and oxygen atoms in total. The summed E-state index contributed by atoms with van der Waals surface area (Å²) < 4.78 is 7.85. The van der Waals surface area contributed by atoms with E-state index in [-0.39, 0.29) is 11.4 Å². The molecule has 0 radical (unpaired) electrons. The molecule has 28 heavy (non-hydrogen) atoms. The number of hydrogen-bond donors (Lipinski definition) is 1. The highest BCUT2D eigenvalue weighted by Gasteiger charge is 2.51. The minimum absolute atomic E-state index is 0.0591. The van der Waals surface area contributed by atoms with Crippen LogP contribution in [0.5, 0.6) is 0 Å². The molecular formula is C24H30N2O2. The predicted molar refractivity (Wildman–Crippen MR) is 109 cm³/mol. The second-order valence-electron chi connectivity index (χ2n) is 10.1. The van der Waals surface area contributed by atoms with Crippen molar-refractivity contribution in [1.29, 1.82) is 0 Å². The van der Waals surface area contributed by atoms with Crippen LogP contribution in [-0.2, 0) is 11.3 Å². The summed E-state index contributed by atoms with van der Waals surface area (Å²) in [7, 11) is 0. The summed E-state index contributed by atoms with van der Waals surface area (Å²) in [5.41, 5.74) is 2.07. The van der Waals surface area contributed by atoms with Crippen molar-refractivity contribution in [1.82, 2.24) is 9.88 Å². The van der Waals surface area contributed by atoms with Crippen LogP contribution in [0.1, 0.15) is 55.4 Å². The molecule has 1 amide bonds. The lowest BCUT2D eigenvalue weighted by molar-refractivity contribution is -0.0168. The molecule has 1 saturated heterocycles. The first kappa shape index (κ1) is 17.1. The second-order valence-corrected chi connectivity index (χ2v) is 10.1. The number of aromatic nitrogens is 1. The Labute approximate surface area is 166 Å². The third kappa shape index (κ3) is 2.80. The zero-order valence-electron chi connectivity index (χ0n) is 16.5. The topological polar surface area (TPSA) is 43.3 Å². The van der Waals surface area contributed by atoms with E-state index in [1.807, 2.05) is 0 Å². The number of para-hydroxylation sites is 1. The van der Waals surface area contributed by atoms with Crippen LogP contribution in [0.15, 0.2) is 30.3 Å². The molecule has 4 saturated carbocycles. The smallest absolute Gasteiger partial charge is 0.268 e. The third-order valence-electron chi connectivity index (χ3n) is 7.92. The van der Waals surface area contributed by atoms with Crippen molar-refractivity contribution in [3.8, 4) is 0 Å². The molecule has 2 heterocycles. The van der Waals surface area contributed by atoms with E-state index in [9.17, 15) is 4.79 Å². The van der Waals surface area contributed by atoms with Crippen molar-refractivity contribution in [2.45, 2.75) is 57.0 Å². The van der Waals surface area contributed by atoms with Crippen molar-refractivity contribution in [2.24, 2.45) is 23.7 Å². The molecule has 4 aliphatic carbocycles. The highest BCUT2D eigenvalue weighted by atomic mass is 16.5. The van der Waals surface area contributed by atoms with E-state index in [4.69, 9.17) is 4.74 Å². The molecule has 0 spiro atoms. The lowest BCUT2D eigenvalue weighted by Crippen LogP contribution is -2.60. The van der Waals surface area contributed by atoms with E-state index in [0.29, 0.717) is 5.92 Å². The fraction of sp³-hybridized carbons (Fsp3) is 0.625. The number of amides is 1. The summed E-state index contributed by atoms with van der Waals surface area (Å²) in [5.74, 6) is 3.16. The van der Waals surface area contributed by atoms with Crippen molar-refractivity contribution in [3.05, 3.63) is 36.0 Å². The molecule has 148 valence electrons. The molecule has 4 bridgehead atoms. The van der Waals surface area contributed by atoms with Gasteiger partial charge in [0.2, 0.25) is 0 Å². The number of nitrogens with zero attached hydrogens (tertiary/aromatic N) is 1. The fourth-order valence-electron chi connectivity index (χ4n) is 7.15. The summed E-state index contributed by atoms with van der Waals surface area (Å²) in [6, 6.07) is 10.5. The zero-order valence-corrected chi connectivity index (χ0v) is 16.5. The Kier molecular flexibility index (Phi) is 3.87. The van der Waals surface area contributed by atoms with Crippen LogP contribution in [0, 0.1) is 23.7 Å². The van der Waals surface area contributed by atoms with Crippen LogP contribution in [0.25, 0.3) is 10.9 Å². The second kappa shape index (κ2) is 6.35. The van der Waals surface area contributed by atoms with Crippen molar-refractivity contribution in [2.75, 3.05) is 13.2 Å². The summed E-state index contributed by atoms with van der Waals surface area (Å²) in [4.78, 5) is 13.5. The van der Waals surface area contributed by atoms with Gasteiger partial charge in [0.1, 0.15) is 5.69 Å². The molecule has 1 unspecified atom stereocenters. The molecule has 4 heteroatoms. The van der Waals surface area contributed by atoms with Gasteiger partial charge in [0.25, 0.3) is 5.91 Å². The molecule has 2 aromatic rings. The highest BCUT2D eigenvalue weighted by molar-refractivity contribution is 5.99. The van der Waals surface area contributed by atoms with Gasteiger partial charge < -0.3 is 14.6 Å². The quantitative estimate of drug-likeness (QED) is 0.858. The molecule has 5 fully saturated rings. The molecule has 1 aromatic carbocycles. The van der Waals surface area contributed by atoms with E-state index in [1.165, 1.54) is 44.0 Å². The maximum atomic E-state index is 13.5. The third-order valence-corrected chi connectivity index (χ3v) is 7.92. The highest BCUT2D eigenvalue weighted by Crippen LogP contribution is 2.55. The normalized spacial score (nSPS) is 36.3. The van der Waals surface area contributed by atoms with Gasteiger partial charge in [-0.2, -0.15) is 0 Å². The summed E-state index contributed by atoms with van der Waals surface area (Å²) in [5, 5.41) is 4.74. The van der Waals surface area contributed by atoms with E-state index in [0.717, 1.165) is 55.0 Å². The maximum absolute atomic E-state index is 13.5. The summed E-state index contributed by atoms with van der Waals surface area (Å²) >= 11 is 0. The van der Waals surface area contributed by atoms with Crippen molar-refractivity contribution < 1.29 is 9.53 Å². The largest absolute Gasteiger partial charge is 0.381 e. The van der Waals surface area contributed by atoms with Crippen molar-refractivity contribution in [3.63, 3.8) is 0 Å². The average molecular weight is 379 g/mol. The average Bonchev–Trinajstić information content (AvgIpc) is 3.29. The van der Waals surface area contributed by atoms with Gasteiger partial charge in [0.15, 0.2) is 0 Å². The number of rotatable bonds is 4. The van der Waals surface area contributed by atoms with Crippen LogP contribution in [0.2, 0.25) is 0 Å². The number of fused-ring (bicyclic) bond motifs is 1. The van der Waals surface area contributed by atoms with Gasteiger partial charge in [-0.1, -0.05) is 18.2 Å². The monoisotopic (exact) mass is 378 g/mol. The Hall–Kier alpha value is -1.81. The van der Waals surface area contributed by atoms with E-state index in [2.05, 4.69) is 40.2 Å². The Balaban J connectivity index is 1.32. The maximum Gasteiger partial charge on any atom is 0.268 e. The van der Waals surface area contributed by atoms with Crippen LogP contribution < -0.4 is 5.32 Å². The Bertz CT molecular complexity index is 873.